The Morgan fingerprint density at radius 1 is 1.24 bits per heavy atom. The molecule has 0 aliphatic heterocycles. The number of carbonyl (C=O) groups excluding carboxylic acids is 1. The summed E-state index contributed by atoms with van der Waals surface area (Å²) in [6, 6.07) is 9.57. The molecule has 0 saturated carbocycles. The third-order valence-corrected chi connectivity index (χ3v) is 4.24. The molecule has 0 bridgehead atoms. The van der Waals surface area contributed by atoms with Crippen molar-refractivity contribution in [3.63, 3.8) is 0 Å². The van der Waals surface area contributed by atoms with Gasteiger partial charge in [-0.05, 0) is 32.0 Å². The van der Waals surface area contributed by atoms with Gasteiger partial charge in [0.25, 0.3) is 0 Å². The summed E-state index contributed by atoms with van der Waals surface area (Å²) in [6.07, 6.45) is 2.88. The average Bonchev–Trinajstić information content (AvgIpc) is 3.11. The van der Waals surface area contributed by atoms with Gasteiger partial charge in [0.1, 0.15) is 5.56 Å². The van der Waals surface area contributed by atoms with Crippen molar-refractivity contribution in [3.8, 4) is 0 Å². The summed E-state index contributed by atoms with van der Waals surface area (Å²) in [6.45, 7) is 3.58. The van der Waals surface area contributed by atoms with E-state index in [9.17, 15) is 4.79 Å². The monoisotopic (exact) mass is 335 g/mol. The Hall–Kier alpha value is -3.22. The third-order valence-electron chi connectivity index (χ3n) is 4.24. The fourth-order valence-corrected chi connectivity index (χ4v) is 3.04. The normalized spacial score (nSPS) is 12.6. The van der Waals surface area contributed by atoms with Gasteiger partial charge in [-0.15, -0.1) is 0 Å². The molecule has 0 aliphatic rings. The number of imidazole rings is 1. The lowest BCUT2D eigenvalue weighted by atomic mass is 10.2. The SMILES string of the molecule is Cc1nn2cccnc2c1C(=O)O[C@@H](C)c1nc2ccccc2n1C. The van der Waals surface area contributed by atoms with Crippen molar-refractivity contribution in [2.45, 2.75) is 20.0 Å². The number of nitrogens with zero attached hydrogens (tertiary/aromatic N) is 5. The molecule has 0 amide bonds. The molecule has 0 radical (unpaired) electrons. The molecule has 0 saturated heterocycles. The molecule has 0 unspecified atom stereocenters. The van der Waals surface area contributed by atoms with Crippen LogP contribution < -0.4 is 0 Å². The predicted octanol–water partition coefficient (Wildman–Crippen LogP) is 2.84. The van der Waals surface area contributed by atoms with Gasteiger partial charge in [0, 0.05) is 19.4 Å². The quantitative estimate of drug-likeness (QED) is 0.538. The number of benzene rings is 1. The first-order chi connectivity index (χ1) is 12.1. The molecule has 7 heteroatoms. The maximum absolute atomic E-state index is 12.7. The summed E-state index contributed by atoms with van der Waals surface area (Å²) in [5.41, 5.74) is 3.32. The van der Waals surface area contributed by atoms with Gasteiger partial charge in [-0.2, -0.15) is 5.10 Å². The van der Waals surface area contributed by atoms with Crippen molar-refractivity contribution >= 4 is 22.6 Å². The summed E-state index contributed by atoms with van der Waals surface area (Å²) < 4.78 is 9.18. The number of rotatable bonds is 3. The smallest absolute Gasteiger partial charge is 0.344 e. The summed E-state index contributed by atoms with van der Waals surface area (Å²) in [7, 11) is 1.91. The lowest BCUT2D eigenvalue weighted by Crippen LogP contribution is -2.13. The Morgan fingerprint density at radius 3 is 2.84 bits per heavy atom. The van der Waals surface area contributed by atoms with Gasteiger partial charge in [0.2, 0.25) is 0 Å². The van der Waals surface area contributed by atoms with E-state index in [0.717, 1.165) is 11.0 Å². The van der Waals surface area contributed by atoms with E-state index in [-0.39, 0.29) is 0 Å². The van der Waals surface area contributed by atoms with Crippen molar-refractivity contribution in [2.24, 2.45) is 7.05 Å². The molecule has 0 aliphatic carbocycles. The minimum Gasteiger partial charge on any atom is -0.451 e. The van der Waals surface area contributed by atoms with Crippen LogP contribution >= 0.6 is 0 Å². The highest BCUT2D eigenvalue weighted by Crippen LogP contribution is 2.24. The second-order valence-corrected chi connectivity index (χ2v) is 5.91. The zero-order chi connectivity index (χ0) is 17.6. The van der Waals surface area contributed by atoms with E-state index >= 15 is 0 Å². The average molecular weight is 335 g/mol. The molecule has 0 spiro atoms. The number of carbonyl (C=O) groups is 1. The molecule has 0 fully saturated rings. The highest BCUT2D eigenvalue weighted by Gasteiger charge is 2.24. The fourth-order valence-electron chi connectivity index (χ4n) is 3.04. The van der Waals surface area contributed by atoms with Crippen LogP contribution in [0.2, 0.25) is 0 Å². The van der Waals surface area contributed by atoms with E-state index < -0.39 is 12.1 Å². The van der Waals surface area contributed by atoms with E-state index in [0.29, 0.717) is 22.7 Å². The number of fused-ring (bicyclic) bond motifs is 2. The highest BCUT2D eigenvalue weighted by molar-refractivity contribution is 5.97. The van der Waals surface area contributed by atoms with E-state index in [1.165, 1.54) is 0 Å². The second-order valence-electron chi connectivity index (χ2n) is 5.91. The largest absolute Gasteiger partial charge is 0.451 e. The van der Waals surface area contributed by atoms with Crippen LogP contribution in [0.25, 0.3) is 16.7 Å². The zero-order valence-corrected chi connectivity index (χ0v) is 14.2. The predicted molar refractivity (Wildman–Crippen MR) is 92.3 cm³/mol. The standard InChI is InChI=1S/C18H17N5O2/c1-11-15(17-19-9-6-10-23(17)21-11)18(24)25-12(2)16-20-13-7-4-5-8-14(13)22(16)3/h4-10,12H,1-3H3/t12-/m0/s1. The van der Waals surface area contributed by atoms with Gasteiger partial charge in [-0.1, -0.05) is 12.1 Å². The lowest BCUT2D eigenvalue weighted by Gasteiger charge is -2.13. The summed E-state index contributed by atoms with van der Waals surface area (Å²) >= 11 is 0. The number of esters is 1. The number of para-hydroxylation sites is 2. The Bertz CT molecular complexity index is 1100. The lowest BCUT2D eigenvalue weighted by molar-refractivity contribution is 0.0316. The molecule has 3 aromatic heterocycles. The van der Waals surface area contributed by atoms with Crippen LogP contribution in [-0.4, -0.2) is 30.1 Å². The molecule has 3 heterocycles. The molecule has 0 N–H and O–H groups in total. The zero-order valence-electron chi connectivity index (χ0n) is 14.2. The van der Waals surface area contributed by atoms with E-state index in [1.54, 1.807) is 29.9 Å². The molecular formula is C18H17N5O2. The summed E-state index contributed by atoms with van der Waals surface area (Å²) in [5, 5.41) is 4.30. The summed E-state index contributed by atoms with van der Waals surface area (Å²) in [4.78, 5) is 21.5. The fraction of sp³-hybridized carbons (Fsp3) is 0.222. The first-order valence-corrected chi connectivity index (χ1v) is 7.98. The van der Waals surface area contributed by atoms with Gasteiger partial charge < -0.3 is 9.30 Å². The van der Waals surface area contributed by atoms with Crippen molar-refractivity contribution in [3.05, 3.63) is 59.8 Å². The summed E-state index contributed by atoms with van der Waals surface area (Å²) in [5.74, 6) is 0.238. The van der Waals surface area contributed by atoms with Crippen LogP contribution in [0.15, 0.2) is 42.7 Å². The molecular weight excluding hydrogens is 318 g/mol. The molecule has 4 aromatic rings. The van der Waals surface area contributed by atoms with Crippen LogP contribution in [-0.2, 0) is 11.8 Å². The third kappa shape index (κ3) is 2.44. The van der Waals surface area contributed by atoms with Crippen molar-refractivity contribution in [1.29, 1.82) is 0 Å². The van der Waals surface area contributed by atoms with Crippen LogP contribution in [0.3, 0.4) is 0 Å². The minimum absolute atomic E-state index is 0.381. The number of aryl methyl sites for hydroxylation is 2. The molecule has 1 aromatic carbocycles. The van der Waals surface area contributed by atoms with Gasteiger partial charge in [-0.3, -0.25) is 0 Å². The first kappa shape index (κ1) is 15.3. The molecule has 25 heavy (non-hydrogen) atoms. The Morgan fingerprint density at radius 2 is 2.04 bits per heavy atom. The number of hydrogen-bond donors (Lipinski definition) is 0. The molecule has 1 atom stereocenters. The van der Waals surface area contributed by atoms with Gasteiger partial charge >= 0.3 is 5.97 Å². The van der Waals surface area contributed by atoms with Gasteiger partial charge in [0.15, 0.2) is 17.6 Å². The van der Waals surface area contributed by atoms with Crippen LogP contribution in [0.1, 0.15) is 34.9 Å². The Kier molecular flexibility index (Phi) is 3.49. The number of hydrogen-bond acceptors (Lipinski definition) is 5. The molecule has 126 valence electrons. The second kappa shape index (κ2) is 5.70. The van der Waals surface area contributed by atoms with Crippen molar-refractivity contribution in [2.75, 3.05) is 0 Å². The van der Waals surface area contributed by atoms with E-state index in [2.05, 4.69) is 15.1 Å². The maximum Gasteiger partial charge on any atom is 0.344 e. The van der Waals surface area contributed by atoms with Crippen LogP contribution in [0.4, 0.5) is 0 Å². The van der Waals surface area contributed by atoms with E-state index in [4.69, 9.17) is 4.74 Å². The van der Waals surface area contributed by atoms with Crippen molar-refractivity contribution < 1.29 is 9.53 Å². The Labute approximate surface area is 143 Å². The topological polar surface area (TPSA) is 74.3 Å². The van der Waals surface area contributed by atoms with Gasteiger partial charge in [-0.25, -0.2) is 19.3 Å². The highest BCUT2D eigenvalue weighted by atomic mass is 16.5. The van der Waals surface area contributed by atoms with Gasteiger partial charge in [0.05, 0.1) is 16.7 Å². The maximum atomic E-state index is 12.7. The molecule has 7 nitrogen and oxygen atoms in total. The van der Waals surface area contributed by atoms with Crippen molar-refractivity contribution in [1.82, 2.24) is 24.1 Å². The first-order valence-electron chi connectivity index (χ1n) is 7.98. The van der Waals surface area contributed by atoms with Crippen LogP contribution in [0, 0.1) is 6.92 Å². The molecule has 4 rings (SSSR count). The Balaban J connectivity index is 1.67. The van der Waals surface area contributed by atoms with E-state index in [1.807, 2.05) is 42.8 Å². The number of aromatic nitrogens is 5. The van der Waals surface area contributed by atoms with Crippen LogP contribution in [0.5, 0.6) is 0 Å². The number of ether oxygens (including phenoxy) is 1. The minimum atomic E-state index is -0.497.